The first-order chi connectivity index (χ1) is 13.4. The summed E-state index contributed by atoms with van der Waals surface area (Å²) < 4.78 is 1.82. The first-order valence-corrected chi connectivity index (χ1v) is 9.72. The Labute approximate surface area is 165 Å². The van der Waals surface area contributed by atoms with Gasteiger partial charge in [0.25, 0.3) is 0 Å². The summed E-state index contributed by atoms with van der Waals surface area (Å²) in [4.78, 5) is 4.86. The standard InChI is InChI=1S/C23H26N4O/c1-23(2,3)18-11-9-16(10-12-18)22-25-21(17-6-5-13-24-15-17)26-27(22)19-7-4-8-20(28)14-19/h4,7-12,14-15,24,28H,5-6,13H2,1-3H3. The topological polar surface area (TPSA) is 63.0 Å². The van der Waals surface area contributed by atoms with Crippen LogP contribution in [-0.4, -0.2) is 26.4 Å². The molecular formula is C23H26N4O. The Kier molecular flexibility index (Phi) is 4.67. The van der Waals surface area contributed by atoms with E-state index in [1.54, 1.807) is 12.1 Å². The van der Waals surface area contributed by atoms with Crippen LogP contribution in [0.3, 0.4) is 0 Å². The van der Waals surface area contributed by atoms with Crippen LogP contribution in [0.25, 0.3) is 22.6 Å². The molecule has 1 aliphatic heterocycles. The molecule has 5 nitrogen and oxygen atoms in total. The monoisotopic (exact) mass is 374 g/mol. The zero-order chi connectivity index (χ0) is 19.7. The molecule has 1 aliphatic rings. The molecule has 4 rings (SSSR count). The van der Waals surface area contributed by atoms with E-state index in [0.717, 1.165) is 47.9 Å². The predicted molar refractivity (Wildman–Crippen MR) is 112 cm³/mol. The molecule has 144 valence electrons. The minimum atomic E-state index is 0.0984. The molecule has 0 unspecified atom stereocenters. The van der Waals surface area contributed by atoms with E-state index in [2.05, 4.69) is 50.4 Å². The highest BCUT2D eigenvalue weighted by atomic mass is 16.3. The lowest BCUT2D eigenvalue weighted by Gasteiger charge is -2.19. The fourth-order valence-electron chi connectivity index (χ4n) is 3.38. The van der Waals surface area contributed by atoms with E-state index in [9.17, 15) is 5.11 Å². The third-order valence-electron chi connectivity index (χ3n) is 5.02. The third-order valence-corrected chi connectivity index (χ3v) is 5.02. The lowest BCUT2D eigenvalue weighted by atomic mass is 9.87. The number of nitrogens with zero attached hydrogens (tertiary/aromatic N) is 3. The molecule has 0 amide bonds. The van der Waals surface area contributed by atoms with E-state index in [0.29, 0.717) is 0 Å². The van der Waals surface area contributed by atoms with Crippen LogP contribution >= 0.6 is 0 Å². The maximum atomic E-state index is 9.93. The Hall–Kier alpha value is -3.08. The highest BCUT2D eigenvalue weighted by Crippen LogP contribution is 2.29. The van der Waals surface area contributed by atoms with Gasteiger partial charge in [-0.25, -0.2) is 9.67 Å². The molecule has 28 heavy (non-hydrogen) atoms. The smallest absolute Gasteiger partial charge is 0.179 e. The molecule has 0 fully saturated rings. The van der Waals surface area contributed by atoms with Crippen LogP contribution < -0.4 is 5.32 Å². The Bertz CT molecular complexity index is 1010. The minimum Gasteiger partial charge on any atom is -0.508 e. The average molecular weight is 374 g/mol. The normalized spacial score (nSPS) is 14.5. The second kappa shape index (κ2) is 7.15. The lowest BCUT2D eigenvalue weighted by molar-refractivity contribution is 0.475. The lowest BCUT2D eigenvalue weighted by Crippen LogP contribution is -2.13. The average Bonchev–Trinajstić information content (AvgIpc) is 3.14. The van der Waals surface area contributed by atoms with Gasteiger partial charge in [0.05, 0.1) is 5.69 Å². The van der Waals surface area contributed by atoms with Crippen LogP contribution in [0, 0.1) is 0 Å². The zero-order valence-electron chi connectivity index (χ0n) is 16.6. The molecule has 3 aromatic rings. The van der Waals surface area contributed by atoms with Gasteiger partial charge in [0.15, 0.2) is 11.6 Å². The molecule has 0 bridgehead atoms. The number of aromatic hydroxyl groups is 1. The van der Waals surface area contributed by atoms with Crippen LogP contribution in [0.1, 0.15) is 45.0 Å². The van der Waals surface area contributed by atoms with E-state index < -0.39 is 0 Å². The number of hydrogen-bond acceptors (Lipinski definition) is 4. The van der Waals surface area contributed by atoms with Crippen LogP contribution in [0.2, 0.25) is 0 Å². The van der Waals surface area contributed by atoms with Crippen molar-refractivity contribution in [3.05, 3.63) is 66.1 Å². The van der Waals surface area contributed by atoms with Crippen molar-refractivity contribution >= 4 is 5.57 Å². The summed E-state index contributed by atoms with van der Waals surface area (Å²) >= 11 is 0. The maximum absolute atomic E-state index is 9.93. The second-order valence-electron chi connectivity index (χ2n) is 8.25. The number of aromatic nitrogens is 3. The summed E-state index contributed by atoms with van der Waals surface area (Å²) in [6, 6.07) is 15.6. The summed E-state index contributed by atoms with van der Waals surface area (Å²) in [5.74, 6) is 1.71. The van der Waals surface area contributed by atoms with Gasteiger partial charge in [0.2, 0.25) is 0 Å². The van der Waals surface area contributed by atoms with Gasteiger partial charge in [0.1, 0.15) is 5.75 Å². The van der Waals surface area contributed by atoms with Gasteiger partial charge in [-0.3, -0.25) is 0 Å². The molecule has 2 heterocycles. The van der Waals surface area contributed by atoms with Gasteiger partial charge in [0, 0.05) is 29.9 Å². The Morgan fingerprint density at radius 3 is 2.50 bits per heavy atom. The SMILES string of the molecule is CC(C)(C)c1ccc(-c2nc(C3=CNCCC3)nn2-c2cccc(O)c2)cc1. The van der Waals surface area contributed by atoms with E-state index in [1.165, 1.54) is 5.56 Å². The van der Waals surface area contributed by atoms with Crippen molar-refractivity contribution < 1.29 is 5.11 Å². The highest BCUT2D eigenvalue weighted by molar-refractivity contribution is 5.65. The van der Waals surface area contributed by atoms with E-state index >= 15 is 0 Å². The molecule has 5 heteroatoms. The number of phenolic OH excluding ortho intramolecular Hbond substituents is 1. The molecule has 0 spiro atoms. The van der Waals surface area contributed by atoms with E-state index in [-0.39, 0.29) is 11.2 Å². The molecule has 2 N–H and O–H groups in total. The maximum Gasteiger partial charge on any atom is 0.179 e. The predicted octanol–water partition coefficient (Wildman–Crippen LogP) is 4.66. The molecule has 1 aromatic heterocycles. The molecule has 2 aromatic carbocycles. The molecule has 0 saturated heterocycles. The minimum absolute atomic E-state index is 0.0984. The van der Waals surface area contributed by atoms with Gasteiger partial charge in [-0.2, -0.15) is 0 Å². The Morgan fingerprint density at radius 2 is 1.86 bits per heavy atom. The van der Waals surface area contributed by atoms with Crippen molar-refractivity contribution in [3.8, 4) is 22.8 Å². The van der Waals surface area contributed by atoms with Gasteiger partial charge in [-0.15, -0.1) is 5.10 Å². The zero-order valence-corrected chi connectivity index (χ0v) is 16.6. The van der Waals surface area contributed by atoms with Crippen molar-refractivity contribution in [1.29, 1.82) is 0 Å². The molecule has 0 atom stereocenters. The number of hydrogen-bond donors (Lipinski definition) is 2. The Balaban J connectivity index is 1.82. The van der Waals surface area contributed by atoms with Crippen LogP contribution in [0.15, 0.2) is 54.7 Å². The number of benzene rings is 2. The van der Waals surface area contributed by atoms with Crippen LogP contribution in [-0.2, 0) is 5.41 Å². The van der Waals surface area contributed by atoms with E-state index in [1.807, 2.05) is 23.0 Å². The number of rotatable bonds is 3. The number of allylic oxidation sites excluding steroid dienone is 1. The number of nitrogens with one attached hydrogen (secondary N) is 1. The molecule has 0 aliphatic carbocycles. The molecule has 0 radical (unpaired) electrons. The Morgan fingerprint density at radius 1 is 1.07 bits per heavy atom. The van der Waals surface area contributed by atoms with E-state index in [4.69, 9.17) is 10.1 Å². The summed E-state index contributed by atoms with van der Waals surface area (Å²) in [7, 11) is 0. The largest absolute Gasteiger partial charge is 0.508 e. The summed E-state index contributed by atoms with van der Waals surface area (Å²) in [5.41, 5.74) is 4.27. The molecule has 0 saturated carbocycles. The van der Waals surface area contributed by atoms with Gasteiger partial charge in [-0.05, 0) is 36.0 Å². The molecular weight excluding hydrogens is 348 g/mol. The quantitative estimate of drug-likeness (QED) is 0.700. The highest BCUT2D eigenvalue weighted by Gasteiger charge is 2.19. The first-order valence-electron chi connectivity index (χ1n) is 9.72. The van der Waals surface area contributed by atoms with Crippen molar-refractivity contribution in [3.63, 3.8) is 0 Å². The second-order valence-corrected chi connectivity index (χ2v) is 8.25. The van der Waals surface area contributed by atoms with Crippen molar-refractivity contribution in [1.82, 2.24) is 20.1 Å². The fraction of sp³-hybridized carbons (Fsp3) is 0.304. The van der Waals surface area contributed by atoms with Crippen molar-refractivity contribution in [2.45, 2.75) is 39.0 Å². The summed E-state index contributed by atoms with van der Waals surface area (Å²) in [6.07, 6.45) is 4.04. The summed E-state index contributed by atoms with van der Waals surface area (Å²) in [6.45, 7) is 7.60. The van der Waals surface area contributed by atoms with Gasteiger partial charge in [-0.1, -0.05) is 51.1 Å². The van der Waals surface area contributed by atoms with Gasteiger partial charge >= 0.3 is 0 Å². The van der Waals surface area contributed by atoms with Crippen molar-refractivity contribution in [2.75, 3.05) is 6.54 Å². The fourth-order valence-corrected chi connectivity index (χ4v) is 3.38. The van der Waals surface area contributed by atoms with Crippen LogP contribution in [0.5, 0.6) is 5.75 Å². The summed E-state index contributed by atoms with van der Waals surface area (Å²) in [5, 5.41) is 18.0. The van der Waals surface area contributed by atoms with Crippen LogP contribution in [0.4, 0.5) is 0 Å². The number of phenols is 1. The first kappa shape index (κ1) is 18.3. The third kappa shape index (κ3) is 3.65. The van der Waals surface area contributed by atoms with Gasteiger partial charge < -0.3 is 10.4 Å². The van der Waals surface area contributed by atoms with Crippen molar-refractivity contribution in [2.24, 2.45) is 0 Å².